The number of likely N-dealkylation sites (N-methyl/N-ethyl adjacent to an activating group) is 1. The number of rotatable bonds is 4. The highest BCUT2D eigenvalue weighted by atomic mass is 16.5. The van der Waals surface area contributed by atoms with Crippen molar-refractivity contribution in [2.75, 3.05) is 13.6 Å². The molecule has 6 nitrogen and oxygen atoms in total. The van der Waals surface area contributed by atoms with Gasteiger partial charge in [-0.25, -0.2) is 0 Å². The van der Waals surface area contributed by atoms with Crippen molar-refractivity contribution in [3.8, 4) is 17.2 Å². The van der Waals surface area contributed by atoms with E-state index >= 15 is 0 Å². The highest BCUT2D eigenvalue weighted by molar-refractivity contribution is 5.94. The molecule has 33 heavy (non-hydrogen) atoms. The van der Waals surface area contributed by atoms with Crippen LogP contribution in [0.15, 0.2) is 72.8 Å². The summed E-state index contributed by atoms with van der Waals surface area (Å²) in [4.78, 5) is 30.7. The van der Waals surface area contributed by atoms with Crippen molar-refractivity contribution in [2.45, 2.75) is 31.3 Å². The van der Waals surface area contributed by atoms with Gasteiger partial charge in [0.2, 0.25) is 11.8 Å². The molecule has 3 aromatic rings. The van der Waals surface area contributed by atoms with Crippen molar-refractivity contribution in [3.63, 3.8) is 0 Å². The minimum atomic E-state index is -0.498. The van der Waals surface area contributed by atoms with Crippen LogP contribution in [0.3, 0.4) is 0 Å². The van der Waals surface area contributed by atoms with Crippen molar-refractivity contribution < 1.29 is 19.4 Å². The molecule has 0 unspecified atom stereocenters. The third kappa shape index (κ3) is 3.93. The Kier molecular flexibility index (Phi) is 5.50. The van der Waals surface area contributed by atoms with E-state index < -0.39 is 12.0 Å². The van der Waals surface area contributed by atoms with Crippen molar-refractivity contribution in [2.24, 2.45) is 0 Å². The van der Waals surface area contributed by atoms with Gasteiger partial charge in [0, 0.05) is 31.3 Å². The number of carbonyl (C=O) groups is 2. The van der Waals surface area contributed by atoms with Crippen LogP contribution in [0.2, 0.25) is 0 Å². The largest absolute Gasteiger partial charge is 0.508 e. The summed E-state index contributed by atoms with van der Waals surface area (Å²) in [5.74, 6) is 0.927. The number of benzene rings is 3. The van der Waals surface area contributed by atoms with E-state index in [0.29, 0.717) is 31.0 Å². The number of likely N-dealkylation sites (tertiary alicyclic amines) is 1. The van der Waals surface area contributed by atoms with Crippen LogP contribution in [0.5, 0.6) is 17.2 Å². The molecule has 1 N–H and O–H groups in total. The monoisotopic (exact) mass is 442 g/mol. The summed E-state index contributed by atoms with van der Waals surface area (Å²) in [7, 11) is 1.76. The number of carbonyl (C=O) groups excluding carboxylic acids is 2. The maximum Gasteiger partial charge on any atom is 0.245 e. The minimum absolute atomic E-state index is 0.0629. The Balaban J connectivity index is 1.41. The standard InChI is InChI=1S/C27H26N2O4/c1-28(17-18-12-14-19(30)15-13-18)26(31)22-9-6-16-29(22)27(32)25-20-7-2-4-10-23(20)33-24-11-5-3-8-21(24)25/h2-5,7-8,10-15,22,25,30H,6,9,16-17H2,1H3/t22-/m1/s1. The van der Waals surface area contributed by atoms with Crippen LogP contribution in [0, 0.1) is 0 Å². The lowest BCUT2D eigenvalue weighted by atomic mass is 9.86. The first-order chi connectivity index (χ1) is 16.0. The van der Waals surface area contributed by atoms with Gasteiger partial charge in [0.25, 0.3) is 0 Å². The van der Waals surface area contributed by atoms with Crippen molar-refractivity contribution in [1.29, 1.82) is 0 Å². The normalized spacial score (nSPS) is 17.1. The second-order valence-corrected chi connectivity index (χ2v) is 8.66. The SMILES string of the molecule is CN(Cc1ccc(O)cc1)C(=O)[C@H]1CCCN1C(=O)C1c2ccccc2Oc2ccccc21. The smallest absolute Gasteiger partial charge is 0.245 e. The van der Waals surface area contributed by atoms with E-state index in [2.05, 4.69) is 0 Å². The minimum Gasteiger partial charge on any atom is -0.508 e. The topological polar surface area (TPSA) is 70.1 Å². The van der Waals surface area contributed by atoms with E-state index in [0.717, 1.165) is 23.1 Å². The van der Waals surface area contributed by atoms with E-state index in [1.165, 1.54) is 0 Å². The number of ether oxygens (including phenoxy) is 1. The van der Waals surface area contributed by atoms with Crippen molar-refractivity contribution >= 4 is 11.8 Å². The molecule has 0 spiro atoms. The van der Waals surface area contributed by atoms with Gasteiger partial charge in [-0.3, -0.25) is 9.59 Å². The van der Waals surface area contributed by atoms with Crippen LogP contribution in [-0.2, 0) is 16.1 Å². The number of hydrogen-bond donors (Lipinski definition) is 1. The van der Waals surface area contributed by atoms with Crippen LogP contribution >= 0.6 is 0 Å². The number of phenols is 1. The lowest BCUT2D eigenvalue weighted by molar-refractivity contribution is -0.143. The molecule has 1 saturated heterocycles. The summed E-state index contributed by atoms with van der Waals surface area (Å²) < 4.78 is 6.04. The van der Waals surface area contributed by atoms with Gasteiger partial charge in [-0.15, -0.1) is 0 Å². The fourth-order valence-electron chi connectivity index (χ4n) is 4.84. The number of hydrogen-bond acceptors (Lipinski definition) is 4. The summed E-state index contributed by atoms with van der Waals surface area (Å²) in [6, 6.07) is 21.6. The third-order valence-electron chi connectivity index (χ3n) is 6.48. The molecule has 6 heteroatoms. The Morgan fingerprint density at radius 3 is 2.21 bits per heavy atom. The molecule has 168 valence electrons. The summed E-state index contributed by atoms with van der Waals surface area (Å²) >= 11 is 0. The third-order valence-corrected chi connectivity index (χ3v) is 6.48. The van der Waals surface area contributed by atoms with Crippen molar-refractivity contribution in [3.05, 3.63) is 89.5 Å². The molecular weight excluding hydrogens is 416 g/mol. The van der Waals surface area contributed by atoms with Crippen LogP contribution in [0.25, 0.3) is 0 Å². The zero-order chi connectivity index (χ0) is 22.9. The molecule has 0 bridgehead atoms. The van der Waals surface area contributed by atoms with Gasteiger partial charge in [0.05, 0.1) is 5.92 Å². The second kappa shape index (κ2) is 8.62. The number of phenolic OH excluding ortho intramolecular Hbond substituents is 1. The predicted octanol–water partition coefficient (Wildman–Crippen LogP) is 4.28. The molecule has 3 aromatic carbocycles. The molecular formula is C27H26N2O4. The molecule has 0 radical (unpaired) electrons. The zero-order valence-corrected chi connectivity index (χ0v) is 18.5. The Morgan fingerprint density at radius 1 is 0.970 bits per heavy atom. The van der Waals surface area contributed by atoms with Gasteiger partial charge in [0.15, 0.2) is 0 Å². The first-order valence-electron chi connectivity index (χ1n) is 11.2. The zero-order valence-electron chi connectivity index (χ0n) is 18.5. The lowest BCUT2D eigenvalue weighted by Gasteiger charge is -2.33. The van der Waals surface area contributed by atoms with Crippen LogP contribution < -0.4 is 4.74 Å². The summed E-state index contributed by atoms with van der Waals surface area (Å²) in [6.45, 7) is 0.977. The fourth-order valence-corrected chi connectivity index (χ4v) is 4.84. The molecule has 2 aliphatic heterocycles. The second-order valence-electron chi connectivity index (χ2n) is 8.66. The fraction of sp³-hybridized carbons (Fsp3) is 0.259. The Hall–Kier alpha value is -3.80. The van der Waals surface area contributed by atoms with Crippen LogP contribution in [0.4, 0.5) is 0 Å². The Morgan fingerprint density at radius 2 is 1.58 bits per heavy atom. The Labute approximate surface area is 193 Å². The summed E-state index contributed by atoms with van der Waals surface area (Å²) in [5, 5.41) is 9.50. The molecule has 2 heterocycles. The number of aromatic hydroxyl groups is 1. The highest BCUT2D eigenvalue weighted by Crippen LogP contribution is 2.45. The average Bonchev–Trinajstić information content (AvgIpc) is 3.33. The van der Waals surface area contributed by atoms with E-state index in [1.54, 1.807) is 41.1 Å². The van der Waals surface area contributed by atoms with E-state index in [-0.39, 0.29) is 17.6 Å². The number of amides is 2. The van der Waals surface area contributed by atoms with Gasteiger partial charge in [-0.2, -0.15) is 0 Å². The first kappa shape index (κ1) is 21.1. The number of fused-ring (bicyclic) bond motifs is 2. The number of nitrogens with zero attached hydrogens (tertiary/aromatic N) is 2. The summed E-state index contributed by atoms with van der Waals surface area (Å²) in [6.07, 6.45) is 1.44. The van der Waals surface area contributed by atoms with Gasteiger partial charge in [0.1, 0.15) is 23.3 Å². The maximum atomic E-state index is 13.9. The highest BCUT2D eigenvalue weighted by Gasteiger charge is 2.41. The molecule has 1 fully saturated rings. The van der Waals surface area contributed by atoms with Gasteiger partial charge >= 0.3 is 0 Å². The number of para-hydroxylation sites is 2. The average molecular weight is 443 g/mol. The first-order valence-corrected chi connectivity index (χ1v) is 11.2. The molecule has 0 saturated carbocycles. The molecule has 5 rings (SSSR count). The molecule has 2 aliphatic rings. The van der Waals surface area contributed by atoms with E-state index in [4.69, 9.17) is 4.74 Å². The molecule has 0 aliphatic carbocycles. The van der Waals surface area contributed by atoms with Crippen LogP contribution in [0.1, 0.15) is 35.4 Å². The molecule has 1 atom stereocenters. The summed E-state index contributed by atoms with van der Waals surface area (Å²) in [5.41, 5.74) is 2.58. The van der Waals surface area contributed by atoms with Crippen LogP contribution in [-0.4, -0.2) is 46.4 Å². The predicted molar refractivity (Wildman–Crippen MR) is 124 cm³/mol. The van der Waals surface area contributed by atoms with E-state index in [9.17, 15) is 14.7 Å². The van der Waals surface area contributed by atoms with Gasteiger partial charge in [-0.05, 0) is 42.7 Å². The van der Waals surface area contributed by atoms with E-state index in [1.807, 2.05) is 48.5 Å². The quantitative estimate of drug-likeness (QED) is 0.655. The Bertz CT molecular complexity index is 1150. The van der Waals surface area contributed by atoms with Crippen molar-refractivity contribution in [1.82, 2.24) is 9.80 Å². The molecule has 2 amide bonds. The lowest BCUT2D eigenvalue weighted by Crippen LogP contribution is -2.48. The molecule has 0 aromatic heterocycles. The van der Waals surface area contributed by atoms with Gasteiger partial charge < -0.3 is 19.6 Å². The maximum absolute atomic E-state index is 13.9. The van der Waals surface area contributed by atoms with Gasteiger partial charge in [-0.1, -0.05) is 48.5 Å².